The summed E-state index contributed by atoms with van der Waals surface area (Å²) in [6, 6.07) is -0.450. The third kappa shape index (κ3) is 9.25. The Morgan fingerprint density at radius 2 is 1.90 bits per heavy atom. The van der Waals surface area contributed by atoms with E-state index in [9.17, 15) is 9.59 Å². The van der Waals surface area contributed by atoms with E-state index in [-0.39, 0.29) is 0 Å². The highest BCUT2D eigenvalue weighted by molar-refractivity contribution is 5.85. The highest BCUT2D eigenvalue weighted by Gasteiger charge is 2.33. The van der Waals surface area contributed by atoms with Gasteiger partial charge in [0.05, 0.1) is 13.2 Å². The lowest BCUT2D eigenvalue weighted by Crippen LogP contribution is -2.55. The monoisotopic (exact) mass is 304 g/mol. The fourth-order valence-electron chi connectivity index (χ4n) is 1.79. The van der Waals surface area contributed by atoms with Crippen LogP contribution in [0.5, 0.6) is 0 Å². The van der Waals surface area contributed by atoms with Crippen molar-refractivity contribution in [2.24, 2.45) is 0 Å². The summed E-state index contributed by atoms with van der Waals surface area (Å²) in [5.41, 5.74) is -1.22. The van der Waals surface area contributed by atoms with Crippen LogP contribution in [-0.4, -0.2) is 56.1 Å². The van der Waals surface area contributed by atoms with Crippen molar-refractivity contribution in [3.8, 4) is 0 Å². The van der Waals surface area contributed by atoms with Gasteiger partial charge >= 0.3 is 12.0 Å². The van der Waals surface area contributed by atoms with Crippen LogP contribution >= 0.6 is 0 Å². The topological polar surface area (TPSA) is 96.9 Å². The van der Waals surface area contributed by atoms with Gasteiger partial charge in [-0.2, -0.15) is 0 Å². The van der Waals surface area contributed by atoms with Gasteiger partial charge in [-0.15, -0.1) is 0 Å². The molecule has 0 saturated heterocycles. The molecule has 1 atom stereocenters. The summed E-state index contributed by atoms with van der Waals surface area (Å²) >= 11 is 0. The molecule has 0 aromatic heterocycles. The molecule has 2 amide bonds. The van der Waals surface area contributed by atoms with E-state index < -0.39 is 17.5 Å². The van der Waals surface area contributed by atoms with Crippen LogP contribution in [0.1, 0.15) is 39.5 Å². The number of carboxylic acids is 1. The highest BCUT2D eigenvalue weighted by Crippen LogP contribution is 2.12. The van der Waals surface area contributed by atoms with Crippen LogP contribution < -0.4 is 10.6 Å². The fourth-order valence-corrected chi connectivity index (χ4v) is 1.79. The molecule has 0 radical (unpaired) electrons. The number of carbonyl (C=O) groups is 2. The summed E-state index contributed by atoms with van der Waals surface area (Å²) in [6.07, 6.45) is 2.68. The van der Waals surface area contributed by atoms with E-state index in [0.29, 0.717) is 39.2 Å². The number of ether oxygens (including phenoxy) is 2. The zero-order chi connectivity index (χ0) is 16.1. The van der Waals surface area contributed by atoms with E-state index in [2.05, 4.69) is 10.6 Å². The molecule has 7 nitrogen and oxygen atoms in total. The van der Waals surface area contributed by atoms with Crippen LogP contribution in [0.2, 0.25) is 0 Å². The predicted octanol–water partition coefficient (Wildman–Crippen LogP) is 1.37. The van der Waals surface area contributed by atoms with Crippen LogP contribution in [-0.2, 0) is 14.3 Å². The Morgan fingerprint density at radius 3 is 2.48 bits per heavy atom. The Kier molecular flexibility index (Phi) is 10.6. The van der Waals surface area contributed by atoms with Crippen LogP contribution in [0.15, 0.2) is 0 Å². The van der Waals surface area contributed by atoms with Crippen molar-refractivity contribution in [1.29, 1.82) is 0 Å². The van der Waals surface area contributed by atoms with E-state index >= 15 is 0 Å². The number of unbranched alkanes of at least 4 members (excludes halogenated alkanes) is 1. The van der Waals surface area contributed by atoms with Crippen molar-refractivity contribution >= 4 is 12.0 Å². The molecular formula is C14H28N2O5. The largest absolute Gasteiger partial charge is 0.480 e. The van der Waals surface area contributed by atoms with Crippen LogP contribution in [0.3, 0.4) is 0 Å². The first-order valence-corrected chi connectivity index (χ1v) is 7.32. The number of rotatable bonds is 12. The second-order valence-electron chi connectivity index (χ2n) is 5.08. The van der Waals surface area contributed by atoms with Gasteiger partial charge < -0.3 is 25.2 Å². The first-order chi connectivity index (χ1) is 9.96. The van der Waals surface area contributed by atoms with Crippen molar-refractivity contribution in [1.82, 2.24) is 10.6 Å². The average molecular weight is 304 g/mol. The standard InChI is InChI=1S/C14H28N2O5/c1-4-7-14(2,12(17)18)16-13(19)15-8-5-6-9-21-11-10-20-3/h4-11H2,1-3H3,(H,17,18)(H2,15,16,19). The van der Waals surface area contributed by atoms with Crippen molar-refractivity contribution < 1.29 is 24.2 Å². The first kappa shape index (κ1) is 19.7. The second-order valence-corrected chi connectivity index (χ2v) is 5.08. The normalized spacial score (nSPS) is 13.5. The quantitative estimate of drug-likeness (QED) is 0.473. The summed E-state index contributed by atoms with van der Waals surface area (Å²) < 4.78 is 10.1. The van der Waals surface area contributed by atoms with Gasteiger partial charge in [-0.05, 0) is 26.2 Å². The number of nitrogens with one attached hydrogen (secondary N) is 2. The first-order valence-electron chi connectivity index (χ1n) is 7.32. The van der Waals surface area contributed by atoms with Gasteiger partial charge in [-0.25, -0.2) is 9.59 Å². The zero-order valence-corrected chi connectivity index (χ0v) is 13.2. The summed E-state index contributed by atoms with van der Waals surface area (Å²) in [4.78, 5) is 22.9. The second kappa shape index (κ2) is 11.3. The molecule has 1 unspecified atom stereocenters. The van der Waals surface area contributed by atoms with E-state index in [0.717, 1.165) is 12.8 Å². The molecule has 0 rings (SSSR count). The van der Waals surface area contributed by atoms with Crippen LogP contribution in [0.25, 0.3) is 0 Å². The third-order valence-electron chi connectivity index (χ3n) is 3.04. The Hall–Kier alpha value is -1.34. The minimum absolute atomic E-state index is 0.392. The molecule has 0 aliphatic carbocycles. The molecule has 0 spiro atoms. The van der Waals surface area contributed by atoms with Crippen molar-refractivity contribution in [3.05, 3.63) is 0 Å². The molecule has 124 valence electrons. The fraction of sp³-hybridized carbons (Fsp3) is 0.857. The zero-order valence-electron chi connectivity index (χ0n) is 13.2. The molecule has 3 N–H and O–H groups in total. The summed E-state index contributed by atoms with van der Waals surface area (Å²) in [7, 11) is 1.62. The Morgan fingerprint density at radius 1 is 1.19 bits per heavy atom. The molecule has 0 fully saturated rings. The minimum atomic E-state index is -1.22. The number of urea groups is 1. The maximum Gasteiger partial charge on any atom is 0.329 e. The van der Waals surface area contributed by atoms with Crippen LogP contribution in [0.4, 0.5) is 4.79 Å². The van der Waals surface area contributed by atoms with E-state index in [1.807, 2.05) is 6.92 Å². The third-order valence-corrected chi connectivity index (χ3v) is 3.04. The van der Waals surface area contributed by atoms with Gasteiger partial charge in [0.25, 0.3) is 0 Å². The predicted molar refractivity (Wildman–Crippen MR) is 79.4 cm³/mol. The molecule has 0 aliphatic heterocycles. The number of aliphatic carboxylic acids is 1. The van der Waals surface area contributed by atoms with Gasteiger partial charge in [0, 0.05) is 20.3 Å². The van der Waals surface area contributed by atoms with E-state index in [1.54, 1.807) is 7.11 Å². The van der Waals surface area contributed by atoms with Gasteiger partial charge in [0.2, 0.25) is 0 Å². The highest BCUT2D eigenvalue weighted by atomic mass is 16.5. The van der Waals surface area contributed by atoms with Gasteiger partial charge in [-0.3, -0.25) is 0 Å². The van der Waals surface area contributed by atoms with Gasteiger partial charge in [0.15, 0.2) is 0 Å². The number of methoxy groups -OCH3 is 1. The molecule has 21 heavy (non-hydrogen) atoms. The smallest absolute Gasteiger partial charge is 0.329 e. The minimum Gasteiger partial charge on any atom is -0.480 e. The molecule has 0 heterocycles. The number of amides is 2. The molecular weight excluding hydrogens is 276 g/mol. The molecule has 0 aromatic rings. The number of carboxylic acid groups (broad SMARTS) is 1. The van der Waals surface area contributed by atoms with Crippen molar-refractivity contribution in [2.45, 2.75) is 45.1 Å². The van der Waals surface area contributed by atoms with Gasteiger partial charge in [0.1, 0.15) is 5.54 Å². The Balaban J connectivity index is 3.77. The number of carbonyl (C=O) groups excluding carboxylic acids is 1. The Bertz CT molecular complexity index is 312. The summed E-state index contributed by atoms with van der Waals surface area (Å²) in [5.74, 6) is -1.02. The van der Waals surface area contributed by atoms with E-state index in [4.69, 9.17) is 14.6 Å². The number of hydrogen-bond acceptors (Lipinski definition) is 4. The molecule has 0 aliphatic rings. The SMILES string of the molecule is CCCC(C)(NC(=O)NCCCCOCCOC)C(=O)O. The lowest BCUT2D eigenvalue weighted by Gasteiger charge is -2.25. The van der Waals surface area contributed by atoms with Crippen molar-refractivity contribution in [2.75, 3.05) is 33.5 Å². The summed E-state index contributed by atoms with van der Waals surface area (Å²) in [6.45, 7) is 5.65. The Labute approximate surface area is 126 Å². The average Bonchev–Trinajstić information content (AvgIpc) is 2.41. The maximum absolute atomic E-state index is 11.7. The molecule has 0 aromatic carbocycles. The van der Waals surface area contributed by atoms with Crippen molar-refractivity contribution in [3.63, 3.8) is 0 Å². The molecule has 0 saturated carbocycles. The molecule has 0 bridgehead atoms. The van der Waals surface area contributed by atoms with E-state index in [1.165, 1.54) is 6.92 Å². The lowest BCUT2D eigenvalue weighted by molar-refractivity contribution is -0.144. The number of hydrogen-bond donors (Lipinski definition) is 3. The van der Waals surface area contributed by atoms with Gasteiger partial charge in [-0.1, -0.05) is 13.3 Å². The summed E-state index contributed by atoms with van der Waals surface area (Å²) in [5, 5.41) is 14.3. The maximum atomic E-state index is 11.7. The molecule has 7 heteroatoms. The van der Waals surface area contributed by atoms with Crippen LogP contribution in [0, 0.1) is 0 Å². The lowest BCUT2D eigenvalue weighted by atomic mass is 9.97.